The Labute approximate surface area is 135 Å². The van der Waals surface area contributed by atoms with Gasteiger partial charge in [-0.15, -0.1) is 0 Å². The molecule has 120 valence electrons. The molecule has 0 aliphatic heterocycles. The van der Waals surface area contributed by atoms with Crippen molar-refractivity contribution in [1.29, 1.82) is 0 Å². The van der Waals surface area contributed by atoms with Gasteiger partial charge in [0.2, 0.25) is 5.91 Å². The van der Waals surface area contributed by atoms with Gasteiger partial charge in [0.25, 0.3) is 0 Å². The third-order valence-corrected chi connectivity index (χ3v) is 4.22. The fraction of sp³-hybridized carbons (Fsp3) is 0.533. The molecule has 0 aliphatic carbocycles. The summed E-state index contributed by atoms with van der Waals surface area (Å²) < 4.78 is 3.56. The summed E-state index contributed by atoms with van der Waals surface area (Å²) in [5.74, 6) is 0.769. The molecule has 0 radical (unpaired) electrons. The Morgan fingerprint density at radius 3 is 2.68 bits per heavy atom. The molecular weight excluding hydrogens is 302 g/mol. The first-order valence-electron chi connectivity index (χ1n) is 7.40. The van der Waals surface area contributed by atoms with E-state index in [0.29, 0.717) is 5.02 Å². The van der Waals surface area contributed by atoms with E-state index in [9.17, 15) is 4.79 Å². The van der Waals surface area contributed by atoms with Crippen LogP contribution in [0.5, 0.6) is 0 Å². The van der Waals surface area contributed by atoms with Crippen molar-refractivity contribution in [2.45, 2.75) is 46.2 Å². The van der Waals surface area contributed by atoms with Crippen LogP contribution in [-0.4, -0.2) is 25.2 Å². The van der Waals surface area contributed by atoms with Gasteiger partial charge >= 0.3 is 0 Å². The third-order valence-electron chi connectivity index (χ3n) is 3.67. The Balaban J connectivity index is 2.08. The van der Waals surface area contributed by atoms with Crippen LogP contribution in [0.25, 0.3) is 0 Å². The second kappa shape index (κ2) is 6.96. The Morgan fingerprint density at radius 2 is 2.18 bits per heavy atom. The third kappa shape index (κ3) is 3.50. The molecule has 0 spiro atoms. The molecule has 0 fully saturated rings. The molecule has 22 heavy (non-hydrogen) atoms. The molecule has 7 heteroatoms. The minimum Gasteiger partial charge on any atom is -0.345 e. The first-order valence-corrected chi connectivity index (χ1v) is 7.77. The molecule has 0 saturated heterocycles. The molecule has 0 bridgehead atoms. The van der Waals surface area contributed by atoms with Crippen LogP contribution in [0.1, 0.15) is 43.0 Å². The number of nitrogens with zero attached hydrogens (tertiary/aromatic N) is 4. The summed E-state index contributed by atoms with van der Waals surface area (Å²) in [6.07, 6.45) is 5.42. The molecule has 1 unspecified atom stereocenters. The molecule has 2 rings (SSSR count). The van der Waals surface area contributed by atoms with Gasteiger partial charge in [-0.1, -0.05) is 24.9 Å². The summed E-state index contributed by atoms with van der Waals surface area (Å²) in [4.78, 5) is 16.7. The van der Waals surface area contributed by atoms with Gasteiger partial charge in [-0.3, -0.25) is 9.48 Å². The van der Waals surface area contributed by atoms with Crippen molar-refractivity contribution < 1.29 is 4.79 Å². The number of aromatic nitrogens is 4. The molecule has 6 nitrogen and oxygen atoms in total. The van der Waals surface area contributed by atoms with E-state index < -0.39 is 0 Å². The standard InChI is InChI=1S/C15H22ClN5O/c1-5-6-12(15-17-7-8-20(15)4)18-13(22)9-21-11(3)14(16)10(2)19-21/h7-8,12H,5-6,9H2,1-4H3,(H,18,22). The highest BCUT2D eigenvalue weighted by atomic mass is 35.5. The maximum atomic E-state index is 12.3. The summed E-state index contributed by atoms with van der Waals surface area (Å²) in [7, 11) is 1.93. The van der Waals surface area contributed by atoms with E-state index in [1.807, 2.05) is 31.7 Å². The van der Waals surface area contributed by atoms with E-state index in [-0.39, 0.29) is 18.5 Å². The van der Waals surface area contributed by atoms with Crippen molar-refractivity contribution in [3.05, 3.63) is 34.6 Å². The lowest BCUT2D eigenvalue weighted by atomic mass is 10.1. The van der Waals surface area contributed by atoms with Crippen molar-refractivity contribution in [2.24, 2.45) is 7.05 Å². The number of rotatable bonds is 6. The average molecular weight is 324 g/mol. The van der Waals surface area contributed by atoms with Gasteiger partial charge in [-0.05, 0) is 20.3 Å². The summed E-state index contributed by atoms with van der Waals surface area (Å²) in [5.41, 5.74) is 1.54. The topological polar surface area (TPSA) is 64.7 Å². The lowest BCUT2D eigenvalue weighted by molar-refractivity contribution is -0.122. The molecule has 0 saturated carbocycles. The minimum absolute atomic E-state index is 0.0927. The van der Waals surface area contributed by atoms with Crippen LogP contribution >= 0.6 is 11.6 Å². The fourth-order valence-corrected chi connectivity index (χ4v) is 2.61. The molecule has 0 aromatic carbocycles. The van der Waals surface area contributed by atoms with E-state index in [1.165, 1.54) is 0 Å². The van der Waals surface area contributed by atoms with Crippen molar-refractivity contribution in [1.82, 2.24) is 24.6 Å². The molecule has 1 N–H and O–H groups in total. The molecule has 2 heterocycles. The van der Waals surface area contributed by atoms with Crippen molar-refractivity contribution in [3.8, 4) is 0 Å². The normalized spacial score (nSPS) is 12.4. The Morgan fingerprint density at radius 1 is 1.45 bits per heavy atom. The van der Waals surface area contributed by atoms with Crippen LogP contribution < -0.4 is 5.32 Å². The van der Waals surface area contributed by atoms with Crippen LogP contribution in [0.3, 0.4) is 0 Å². The van der Waals surface area contributed by atoms with Gasteiger partial charge in [0.05, 0.1) is 22.5 Å². The number of carbonyl (C=O) groups excluding carboxylic acids is 1. The van der Waals surface area contributed by atoms with Crippen LogP contribution in [0, 0.1) is 13.8 Å². The smallest absolute Gasteiger partial charge is 0.242 e. The maximum Gasteiger partial charge on any atom is 0.242 e. The number of imidazole rings is 1. The first kappa shape index (κ1) is 16.5. The second-order valence-corrected chi connectivity index (χ2v) is 5.83. The lowest BCUT2D eigenvalue weighted by Crippen LogP contribution is -2.33. The van der Waals surface area contributed by atoms with Crippen LogP contribution in [0.2, 0.25) is 5.02 Å². The van der Waals surface area contributed by atoms with E-state index >= 15 is 0 Å². The Kier molecular flexibility index (Phi) is 5.24. The van der Waals surface area contributed by atoms with Gasteiger partial charge in [0.15, 0.2) is 0 Å². The van der Waals surface area contributed by atoms with Crippen LogP contribution in [0.4, 0.5) is 0 Å². The van der Waals surface area contributed by atoms with Gasteiger partial charge in [0, 0.05) is 19.4 Å². The number of hydrogen-bond acceptors (Lipinski definition) is 3. The van der Waals surface area contributed by atoms with Crippen molar-refractivity contribution >= 4 is 17.5 Å². The Hall–Kier alpha value is -1.82. The van der Waals surface area contributed by atoms with Crippen LogP contribution in [0.15, 0.2) is 12.4 Å². The predicted octanol–water partition coefficient (Wildman–Crippen LogP) is 2.54. The molecule has 0 aliphatic rings. The number of hydrogen-bond donors (Lipinski definition) is 1. The number of carbonyl (C=O) groups is 1. The zero-order chi connectivity index (χ0) is 16.3. The highest BCUT2D eigenvalue weighted by molar-refractivity contribution is 6.31. The average Bonchev–Trinajstić information content (AvgIpc) is 2.99. The quantitative estimate of drug-likeness (QED) is 0.888. The van der Waals surface area contributed by atoms with E-state index in [2.05, 4.69) is 22.3 Å². The molecule has 2 aromatic rings. The zero-order valence-corrected chi connectivity index (χ0v) is 14.2. The zero-order valence-electron chi connectivity index (χ0n) is 13.4. The number of halogens is 1. The highest BCUT2D eigenvalue weighted by Crippen LogP contribution is 2.19. The number of nitrogens with one attached hydrogen (secondary N) is 1. The second-order valence-electron chi connectivity index (χ2n) is 5.45. The van der Waals surface area contributed by atoms with Gasteiger partial charge in [-0.2, -0.15) is 5.10 Å². The van der Waals surface area contributed by atoms with E-state index in [1.54, 1.807) is 10.9 Å². The largest absolute Gasteiger partial charge is 0.345 e. The number of aryl methyl sites for hydroxylation is 2. The van der Waals surface area contributed by atoms with Crippen molar-refractivity contribution in [2.75, 3.05) is 0 Å². The minimum atomic E-state index is -0.0938. The molecule has 2 aromatic heterocycles. The molecule has 1 amide bonds. The summed E-state index contributed by atoms with van der Waals surface area (Å²) in [6.45, 7) is 5.93. The van der Waals surface area contributed by atoms with E-state index in [4.69, 9.17) is 11.6 Å². The van der Waals surface area contributed by atoms with Crippen LogP contribution in [-0.2, 0) is 18.4 Å². The Bertz CT molecular complexity index is 661. The SMILES string of the molecule is CCCC(NC(=O)Cn1nc(C)c(Cl)c1C)c1nccn1C. The molecule has 1 atom stereocenters. The van der Waals surface area contributed by atoms with Crippen molar-refractivity contribution in [3.63, 3.8) is 0 Å². The first-order chi connectivity index (χ1) is 10.4. The summed E-state index contributed by atoms with van der Waals surface area (Å²) in [5, 5.41) is 7.94. The fourth-order valence-electron chi connectivity index (χ4n) is 2.47. The maximum absolute atomic E-state index is 12.3. The summed E-state index contributed by atoms with van der Waals surface area (Å²) >= 11 is 6.11. The molecular formula is C15H22ClN5O. The summed E-state index contributed by atoms with van der Waals surface area (Å²) in [6, 6.07) is -0.0927. The van der Waals surface area contributed by atoms with Gasteiger partial charge < -0.3 is 9.88 Å². The highest BCUT2D eigenvalue weighted by Gasteiger charge is 2.19. The van der Waals surface area contributed by atoms with Gasteiger partial charge in [0.1, 0.15) is 12.4 Å². The van der Waals surface area contributed by atoms with E-state index in [0.717, 1.165) is 30.1 Å². The van der Waals surface area contributed by atoms with Gasteiger partial charge in [-0.25, -0.2) is 4.98 Å². The predicted molar refractivity (Wildman–Crippen MR) is 85.7 cm³/mol. The number of amides is 1. The monoisotopic (exact) mass is 323 g/mol. The lowest BCUT2D eigenvalue weighted by Gasteiger charge is -2.18.